The Morgan fingerprint density at radius 3 is 2.57 bits per heavy atom. The molecule has 0 saturated heterocycles. The monoisotopic (exact) mass is 196 g/mol. The Morgan fingerprint density at radius 1 is 1.50 bits per heavy atom. The highest BCUT2D eigenvalue weighted by Crippen LogP contribution is 2.23. The average Bonchev–Trinajstić information content (AvgIpc) is 2.16. The van der Waals surface area contributed by atoms with Crippen LogP contribution >= 0.6 is 0 Å². The lowest BCUT2D eigenvalue weighted by atomic mass is 10.0. The number of hydrogen-bond donors (Lipinski definition) is 1. The van der Waals surface area contributed by atoms with E-state index >= 15 is 0 Å². The average molecular weight is 196 g/mol. The zero-order chi connectivity index (χ0) is 10.7. The van der Waals surface area contributed by atoms with Crippen molar-refractivity contribution < 1.29 is 9.52 Å². The van der Waals surface area contributed by atoms with Gasteiger partial charge in [-0.25, -0.2) is 4.79 Å². The van der Waals surface area contributed by atoms with Gasteiger partial charge in [0.2, 0.25) is 0 Å². The van der Waals surface area contributed by atoms with Crippen molar-refractivity contribution in [3.8, 4) is 5.75 Å². The van der Waals surface area contributed by atoms with E-state index in [0.29, 0.717) is 17.7 Å². The maximum Gasteiger partial charge on any atom is 0.342 e. The molecule has 14 heavy (non-hydrogen) atoms. The lowest BCUT2D eigenvalue weighted by Gasteiger charge is -2.08. The van der Waals surface area contributed by atoms with Crippen LogP contribution in [0.1, 0.15) is 44.4 Å². The fourth-order valence-corrected chi connectivity index (χ4v) is 1.29. The van der Waals surface area contributed by atoms with E-state index in [1.54, 1.807) is 6.07 Å². The third kappa shape index (κ3) is 1.97. The molecule has 1 atom stereocenters. The SMILES string of the molecule is CCc1c(O)cc([C@@H](C)CC)oc1=O. The molecule has 0 aliphatic rings. The second kappa shape index (κ2) is 4.31. The molecule has 0 fully saturated rings. The van der Waals surface area contributed by atoms with E-state index < -0.39 is 5.63 Å². The van der Waals surface area contributed by atoms with Crippen molar-refractivity contribution in [3.63, 3.8) is 0 Å². The molecule has 0 unspecified atom stereocenters. The molecule has 3 nitrogen and oxygen atoms in total. The van der Waals surface area contributed by atoms with Crippen LogP contribution in [0.5, 0.6) is 5.75 Å². The summed E-state index contributed by atoms with van der Waals surface area (Å²) in [5, 5.41) is 9.56. The van der Waals surface area contributed by atoms with Crippen LogP contribution in [0.2, 0.25) is 0 Å². The highest BCUT2D eigenvalue weighted by molar-refractivity contribution is 5.30. The summed E-state index contributed by atoms with van der Waals surface area (Å²) in [5.74, 6) is 0.783. The molecule has 1 rings (SSSR count). The largest absolute Gasteiger partial charge is 0.507 e. The quantitative estimate of drug-likeness (QED) is 0.807. The van der Waals surface area contributed by atoms with Gasteiger partial charge in [0.15, 0.2) is 0 Å². The van der Waals surface area contributed by atoms with E-state index in [2.05, 4.69) is 0 Å². The third-order valence-corrected chi connectivity index (χ3v) is 2.50. The molecule has 1 N–H and O–H groups in total. The van der Waals surface area contributed by atoms with Gasteiger partial charge in [-0.15, -0.1) is 0 Å². The Bertz CT molecular complexity index is 365. The Hall–Kier alpha value is -1.25. The van der Waals surface area contributed by atoms with Crippen LogP contribution in [0.4, 0.5) is 0 Å². The Kier molecular flexibility index (Phi) is 3.33. The fourth-order valence-electron chi connectivity index (χ4n) is 1.29. The van der Waals surface area contributed by atoms with Crippen molar-refractivity contribution in [1.29, 1.82) is 0 Å². The minimum absolute atomic E-state index is 0.0547. The molecule has 0 aromatic carbocycles. The van der Waals surface area contributed by atoms with Crippen molar-refractivity contribution >= 4 is 0 Å². The standard InChI is InChI=1S/C11H16O3/c1-4-7(3)10-6-9(12)8(5-2)11(13)14-10/h6-7,12H,4-5H2,1-3H3/t7-/m0/s1. The van der Waals surface area contributed by atoms with Crippen LogP contribution in [0, 0.1) is 0 Å². The van der Waals surface area contributed by atoms with Crippen LogP contribution in [-0.2, 0) is 6.42 Å². The maximum atomic E-state index is 11.4. The van der Waals surface area contributed by atoms with Crippen molar-refractivity contribution in [1.82, 2.24) is 0 Å². The molecule has 0 aliphatic carbocycles. The maximum absolute atomic E-state index is 11.4. The predicted molar refractivity (Wildman–Crippen MR) is 54.7 cm³/mol. The van der Waals surface area contributed by atoms with Crippen LogP contribution in [-0.4, -0.2) is 5.11 Å². The molecule has 1 aromatic rings. The first-order valence-electron chi connectivity index (χ1n) is 4.96. The van der Waals surface area contributed by atoms with Crippen LogP contribution in [0.15, 0.2) is 15.3 Å². The van der Waals surface area contributed by atoms with Gasteiger partial charge in [-0.3, -0.25) is 0 Å². The molecule has 0 aliphatic heterocycles. The van der Waals surface area contributed by atoms with Crippen LogP contribution < -0.4 is 5.63 Å². The molecule has 0 bridgehead atoms. The molecule has 0 spiro atoms. The zero-order valence-corrected chi connectivity index (χ0v) is 8.83. The van der Waals surface area contributed by atoms with Gasteiger partial charge < -0.3 is 9.52 Å². The highest BCUT2D eigenvalue weighted by Gasteiger charge is 2.12. The Labute approximate surface area is 83.4 Å². The van der Waals surface area contributed by atoms with Gasteiger partial charge in [-0.2, -0.15) is 0 Å². The van der Waals surface area contributed by atoms with Crippen molar-refractivity contribution in [2.24, 2.45) is 0 Å². The molecule has 3 heteroatoms. The first-order chi connectivity index (χ1) is 6.60. The summed E-state index contributed by atoms with van der Waals surface area (Å²) in [5.41, 5.74) is -0.0557. The van der Waals surface area contributed by atoms with Crippen LogP contribution in [0.3, 0.4) is 0 Å². The predicted octanol–water partition coefficient (Wildman–Crippen LogP) is 2.42. The summed E-state index contributed by atoms with van der Waals surface area (Å²) in [6, 6.07) is 1.55. The second-order valence-electron chi connectivity index (χ2n) is 3.46. The van der Waals surface area contributed by atoms with E-state index in [1.165, 1.54) is 0 Å². The first kappa shape index (κ1) is 10.8. The summed E-state index contributed by atoms with van der Waals surface area (Å²) >= 11 is 0. The van der Waals surface area contributed by atoms with Crippen molar-refractivity contribution in [3.05, 3.63) is 27.8 Å². The summed E-state index contributed by atoms with van der Waals surface area (Å²) in [4.78, 5) is 11.4. The smallest absolute Gasteiger partial charge is 0.342 e. The molecule has 1 aromatic heterocycles. The minimum atomic E-state index is -0.414. The van der Waals surface area contributed by atoms with Gasteiger partial charge in [-0.1, -0.05) is 20.8 Å². The lowest BCUT2D eigenvalue weighted by Crippen LogP contribution is -2.09. The molecule has 0 radical (unpaired) electrons. The van der Waals surface area contributed by atoms with Crippen molar-refractivity contribution in [2.45, 2.75) is 39.5 Å². The molecular weight excluding hydrogens is 180 g/mol. The lowest BCUT2D eigenvalue weighted by molar-refractivity contribution is 0.394. The van der Waals surface area contributed by atoms with Gasteiger partial charge in [-0.05, 0) is 12.8 Å². The molecule has 0 saturated carbocycles. The van der Waals surface area contributed by atoms with E-state index in [0.717, 1.165) is 6.42 Å². The van der Waals surface area contributed by atoms with Gasteiger partial charge >= 0.3 is 5.63 Å². The summed E-state index contributed by atoms with van der Waals surface area (Å²) in [6.45, 7) is 5.79. The molecular formula is C11H16O3. The van der Waals surface area contributed by atoms with Gasteiger partial charge in [0.25, 0.3) is 0 Å². The fraction of sp³-hybridized carbons (Fsp3) is 0.545. The normalized spacial score (nSPS) is 12.8. The van der Waals surface area contributed by atoms with Crippen molar-refractivity contribution in [2.75, 3.05) is 0 Å². The summed E-state index contributed by atoms with van der Waals surface area (Å²) in [6.07, 6.45) is 1.38. The molecule has 0 amide bonds. The van der Waals surface area contributed by atoms with Crippen LogP contribution in [0.25, 0.3) is 0 Å². The molecule has 78 valence electrons. The number of hydrogen-bond acceptors (Lipinski definition) is 3. The topological polar surface area (TPSA) is 50.4 Å². The highest BCUT2D eigenvalue weighted by atomic mass is 16.4. The Morgan fingerprint density at radius 2 is 2.14 bits per heavy atom. The van der Waals surface area contributed by atoms with E-state index in [-0.39, 0.29) is 11.7 Å². The zero-order valence-electron chi connectivity index (χ0n) is 8.83. The van der Waals surface area contributed by atoms with Gasteiger partial charge in [0, 0.05) is 12.0 Å². The third-order valence-electron chi connectivity index (χ3n) is 2.50. The second-order valence-corrected chi connectivity index (χ2v) is 3.46. The van der Waals surface area contributed by atoms with E-state index in [9.17, 15) is 9.90 Å². The van der Waals surface area contributed by atoms with E-state index in [4.69, 9.17) is 4.42 Å². The number of aromatic hydroxyl groups is 1. The minimum Gasteiger partial charge on any atom is -0.507 e. The van der Waals surface area contributed by atoms with Gasteiger partial charge in [0.1, 0.15) is 11.5 Å². The summed E-state index contributed by atoms with van der Waals surface area (Å²) < 4.78 is 5.12. The number of rotatable bonds is 3. The van der Waals surface area contributed by atoms with Gasteiger partial charge in [0.05, 0.1) is 5.56 Å². The summed E-state index contributed by atoms with van der Waals surface area (Å²) in [7, 11) is 0. The molecule has 1 heterocycles. The Balaban J connectivity index is 3.21. The van der Waals surface area contributed by atoms with E-state index in [1.807, 2.05) is 20.8 Å². The first-order valence-corrected chi connectivity index (χ1v) is 4.96.